The molecule has 0 saturated heterocycles. The number of hydrogen-bond acceptors (Lipinski definition) is 4. The number of rotatable bonds is 7. The van der Waals surface area contributed by atoms with Crippen LogP contribution in [0, 0.1) is 0 Å². The number of para-hydroxylation sites is 1. The van der Waals surface area contributed by atoms with Crippen molar-refractivity contribution in [1.82, 2.24) is 9.62 Å². The molecule has 0 heterocycles. The fourth-order valence-corrected chi connectivity index (χ4v) is 3.32. The van der Waals surface area contributed by atoms with Crippen LogP contribution in [0.25, 0.3) is 0 Å². The molecule has 1 aliphatic carbocycles. The highest BCUT2D eigenvalue weighted by atomic mass is 32.2. The second-order valence-corrected chi connectivity index (χ2v) is 6.53. The van der Waals surface area contributed by atoms with Crippen LogP contribution in [0.15, 0.2) is 29.2 Å². The molecule has 0 unspecified atom stereocenters. The predicted octanol–water partition coefficient (Wildman–Crippen LogP) is 1.03. The van der Waals surface area contributed by atoms with Crippen molar-refractivity contribution in [2.75, 3.05) is 25.4 Å². The van der Waals surface area contributed by atoms with Crippen LogP contribution >= 0.6 is 0 Å². The number of hydrogen-bond donors (Lipinski definition) is 2. The molecule has 1 fully saturated rings. The van der Waals surface area contributed by atoms with Crippen LogP contribution in [0.4, 0.5) is 5.69 Å². The highest BCUT2D eigenvalue weighted by Crippen LogP contribution is 2.26. The molecule has 106 valence electrons. The Kier molecular flexibility index (Phi) is 4.44. The Bertz CT molecular complexity index is 526. The van der Waals surface area contributed by atoms with E-state index in [-0.39, 0.29) is 10.6 Å². The van der Waals surface area contributed by atoms with Gasteiger partial charge in [0.25, 0.3) is 0 Å². The number of nitrogens with one attached hydrogen (secondary N) is 1. The average molecular weight is 283 g/mol. The number of anilines is 1. The molecule has 1 aromatic rings. The summed E-state index contributed by atoms with van der Waals surface area (Å²) >= 11 is 0. The van der Waals surface area contributed by atoms with E-state index in [2.05, 4.69) is 16.5 Å². The van der Waals surface area contributed by atoms with Crippen molar-refractivity contribution in [3.63, 3.8) is 0 Å². The van der Waals surface area contributed by atoms with Gasteiger partial charge in [-0.25, -0.2) is 13.1 Å². The van der Waals surface area contributed by atoms with E-state index >= 15 is 0 Å². The highest BCUT2D eigenvalue weighted by molar-refractivity contribution is 7.89. The van der Waals surface area contributed by atoms with Gasteiger partial charge in [-0.05, 0) is 31.5 Å². The van der Waals surface area contributed by atoms with Gasteiger partial charge in [-0.15, -0.1) is 0 Å². The molecule has 0 amide bonds. The van der Waals surface area contributed by atoms with E-state index in [9.17, 15) is 8.42 Å². The molecule has 6 heteroatoms. The minimum Gasteiger partial charge on any atom is -0.398 e. The van der Waals surface area contributed by atoms with Crippen molar-refractivity contribution in [2.45, 2.75) is 30.7 Å². The lowest BCUT2D eigenvalue weighted by Crippen LogP contribution is -2.36. The topological polar surface area (TPSA) is 75.4 Å². The minimum atomic E-state index is -3.50. The van der Waals surface area contributed by atoms with E-state index in [1.54, 1.807) is 18.2 Å². The Labute approximate surface area is 114 Å². The summed E-state index contributed by atoms with van der Waals surface area (Å²) in [6, 6.07) is 7.16. The number of nitrogen functional groups attached to an aromatic ring is 1. The molecule has 19 heavy (non-hydrogen) atoms. The molecule has 0 spiro atoms. The van der Waals surface area contributed by atoms with Gasteiger partial charge in [-0.3, -0.25) is 4.90 Å². The average Bonchev–Trinajstić information content (AvgIpc) is 3.19. The van der Waals surface area contributed by atoms with E-state index in [0.29, 0.717) is 12.6 Å². The zero-order chi connectivity index (χ0) is 13.9. The van der Waals surface area contributed by atoms with E-state index in [1.165, 1.54) is 18.9 Å². The third-order valence-corrected chi connectivity index (χ3v) is 4.90. The summed E-state index contributed by atoms with van der Waals surface area (Å²) in [7, 11) is -3.50. The molecule has 1 aromatic carbocycles. The number of likely N-dealkylation sites (N-methyl/N-ethyl adjacent to an activating group) is 1. The molecule has 0 atom stereocenters. The molecule has 0 aromatic heterocycles. The first-order valence-corrected chi connectivity index (χ1v) is 8.11. The van der Waals surface area contributed by atoms with Gasteiger partial charge in [0.15, 0.2) is 0 Å². The van der Waals surface area contributed by atoms with Crippen LogP contribution in [0.5, 0.6) is 0 Å². The van der Waals surface area contributed by atoms with Crippen molar-refractivity contribution >= 4 is 15.7 Å². The Morgan fingerprint density at radius 1 is 1.37 bits per heavy atom. The number of nitrogens with zero attached hydrogens (tertiary/aromatic N) is 1. The van der Waals surface area contributed by atoms with Crippen molar-refractivity contribution in [2.24, 2.45) is 0 Å². The van der Waals surface area contributed by atoms with E-state index < -0.39 is 10.0 Å². The van der Waals surface area contributed by atoms with Crippen molar-refractivity contribution in [3.05, 3.63) is 24.3 Å². The van der Waals surface area contributed by atoms with Crippen LogP contribution < -0.4 is 10.5 Å². The maximum Gasteiger partial charge on any atom is 0.242 e. The van der Waals surface area contributed by atoms with Gasteiger partial charge < -0.3 is 5.73 Å². The summed E-state index contributed by atoms with van der Waals surface area (Å²) in [6.07, 6.45) is 2.46. The minimum absolute atomic E-state index is 0.157. The molecular formula is C13H21N3O2S. The van der Waals surface area contributed by atoms with Crippen LogP contribution in [0.1, 0.15) is 19.8 Å². The Hall–Kier alpha value is -1.11. The summed E-state index contributed by atoms with van der Waals surface area (Å²) in [6.45, 7) is 4.22. The zero-order valence-electron chi connectivity index (χ0n) is 11.2. The third kappa shape index (κ3) is 3.68. The molecule has 1 saturated carbocycles. The summed E-state index contributed by atoms with van der Waals surface area (Å²) in [5, 5.41) is 0. The van der Waals surface area contributed by atoms with Crippen molar-refractivity contribution in [1.29, 1.82) is 0 Å². The molecule has 2 rings (SSSR count). The van der Waals surface area contributed by atoms with Gasteiger partial charge in [0, 0.05) is 19.1 Å². The lowest BCUT2D eigenvalue weighted by atomic mass is 10.3. The van der Waals surface area contributed by atoms with Gasteiger partial charge in [0.1, 0.15) is 4.90 Å². The van der Waals surface area contributed by atoms with Crippen LogP contribution in [0.2, 0.25) is 0 Å². The van der Waals surface area contributed by atoms with Crippen molar-refractivity contribution < 1.29 is 8.42 Å². The quantitative estimate of drug-likeness (QED) is 0.733. The van der Waals surface area contributed by atoms with Gasteiger partial charge in [-0.1, -0.05) is 19.1 Å². The maximum atomic E-state index is 12.1. The summed E-state index contributed by atoms with van der Waals surface area (Å²) < 4.78 is 26.8. The molecular weight excluding hydrogens is 262 g/mol. The fourth-order valence-electron chi connectivity index (χ4n) is 2.17. The molecule has 0 radical (unpaired) electrons. The first-order valence-electron chi connectivity index (χ1n) is 6.63. The third-order valence-electron chi connectivity index (χ3n) is 3.37. The van der Waals surface area contributed by atoms with Gasteiger partial charge in [0.2, 0.25) is 10.0 Å². The molecule has 0 aliphatic heterocycles. The van der Waals surface area contributed by atoms with Crippen LogP contribution in [0.3, 0.4) is 0 Å². The van der Waals surface area contributed by atoms with E-state index in [1.807, 2.05) is 0 Å². The Morgan fingerprint density at radius 3 is 2.63 bits per heavy atom. The molecule has 0 bridgehead atoms. The summed E-state index contributed by atoms with van der Waals surface area (Å²) in [4.78, 5) is 2.46. The molecule has 1 aliphatic rings. The van der Waals surface area contributed by atoms with Crippen molar-refractivity contribution in [3.8, 4) is 0 Å². The second-order valence-electron chi connectivity index (χ2n) is 4.80. The smallest absolute Gasteiger partial charge is 0.242 e. The predicted molar refractivity (Wildman–Crippen MR) is 76.3 cm³/mol. The highest BCUT2D eigenvalue weighted by Gasteiger charge is 2.27. The Morgan fingerprint density at radius 2 is 2.05 bits per heavy atom. The fraction of sp³-hybridized carbons (Fsp3) is 0.538. The monoisotopic (exact) mass is 283 g/mol. The normalized spacial score (nSPS) is 15.9. The van der Waals surface area contributed by atoms with Gasteiger partial charge in [0.05, 0.1) is 5.69 Å². The standard InChI is InChI=1S/C13H21N3O2S/c1-2-16(11-7-8-11)10-9-15-19(17,18)13-6-4-3-5-12(13)14/h3-6,11,15H,2,7-10,14H2,1H3. The lowest BCUT2D eigenvalue weighted by Gasteiger charge is -2.19. The number of sulfonamides is 1. The van der Waals surface area contributed by atoms with E-state index in [4.69, 9.17) is 5.73 Å². The summed E-state index contributed by atoms with van der Waals surface area (Å²) in [5.41, 5.74) is 5.98. The summed E-state index contributed by atoms with van der Waals surface area (Å²) in [5.74, 6) is 0. The lowest BCUT2D eigenvalue weighted by molar-refractivity contribution is 0.282. The Balaban J connectivity index is 1.92. The number of benzene rings is 1. The number of nitrogens with two attached hydrogens (primary N) is 1. The maximum absolute atomic E-state index is 12.1. The first kappa shape index (κ1) is 14.3. The SMILES string of the molecule is CCN(CCNS(=O)(=O)c1ccccc1N)C1CC1. The second kappa shape index (κ2) is 5.90. The first-order chi connectivity index (χ1) is 9.04. The largest absolute Gasteiger partial charge is 0.398 e. The van der Waals surface area contributed by atoms with Crippen LogP contribution in [-0.2, 0) is 10.0 Å². The molecule has 3 N–H and O–H groups in total. The van der Waals surface area contributed by atoms with Gasteiger partial charge >= 0.3 is 0 Å². The van der Waals surface area contributed by atoms with Gasteiger partial charge in [-0.2, -0.15) is 0 Å². The van der Waals surface area contributed by atoms with E-state index in [0.717, 1.165) is 13.1 Å². The van der Waals surface area contributed by atoms with Crippen LogP contribution in [-0.4, -0.2) is 39.0 Å². The zero-order valence-corrected chi connectivity index (χ0v) is 12.0. The molecule has 5 nitrogen and oxygen atoms in total.